The van der Waals surface area contributed by atoms with Gasteiger partial charge in [0, 0.05) is 26.1 Å². The van der Waals surface area contributed by atoms with Crippen LogP contribution in [0.3, 0.4) is 0 Å². The summed E-state index contributed by atoms with van der Waals surface area (Å²) in [7, 11) is 0. The molecule has 1 heterocycles. The minimum Gasteiger partial charge on any atom is -0.508 e. The topological polar surface area (TPSA) is 52.9 Å². The second kappa shape index (κ2) is 8.37. The Morgan fingerprint density at radius 2 is 1.64 bits per heavy atom. The molecule has 0 spiro atoms. The highest BCUT2D eigenvalue weighted by Crippen LogP contribution is 2.26. The lowest BCUT2D eigenvalue weighted by atomic mass is 9.85. The van der Waals surface area contributed by atoms with Crippen LogP contribution in [0.25, 0.3) is 0 Å². The molecule has 1 aliphatic heterocycles. The number of phenols is 1. The lowest BCUT2D eigenvalue weighted by Gasteiger charge is -2.38. The molecule has 0 amide bonds. The molecule has 0 atom stereocenters. The molecule has 1 fully saturated rings. The van der Waals surface area contributed by atoms with Gasteiger partial charge in [-0.05, 0) is 49.1 Å². The summed E-state index contributed by atoms with van der Waals surface area (Å²) in [5.41, 5.74) is 0.640. The van der Waals surface area contributed by atoms with Crippen LogP contribution in [-0.4, -0.2) is 47.0 Å². The predicted octanol–water partition coefficient (Wildman–Crippen LogP) is 3.23. The van der Waals surface area contributed by atoms with Crippen molar-refractivity contribution < 1.29 is 14.9 Å². The molecule has 1 saturated heterocycles. The summed E-state index contributed by atoms with van der Waals surface area (Å²) in [5.74, 6) is 1.04. The third-order valence-corrected chi connectivity index (χ3v) is 4.89. The van der Waals surface area contributed by atoms with Crippen molar-refractivity contribution in [3.63, 3.8) is 0 Å². The summed E-state index contributed by atoms with van der Waals surface area (Å²) in [6, 6.07) is 17.1. The minimum atomic E-state index is -0.569. The van der Waals surface area contributed by atoms with Crippen molar-refractivity contribution in [1.82, 2.24) is 4.90 Å². The Morgan fingerprint density at radius 3 is 2.32 bits per heavy atom. The molecular formula is C21H27NO3. The Labute approximate surface area is 149 Å². The molecule has 1 aliphatic rings. The molecule has 4 nitrogen and oxygen atoms in total. The van der Waals surface area contributed by atoms with Gasteiger partial charge in [0.1, 0.15) is 11.5 Å². The smallest absolute Gasteiger partial charge is 0.119 e. The lowest BCUT2D eigenvalue weighted by molar-refractivity contribution is -0.0212. The zero-order chi connectivity index (χ0) is 17.5. The van der Waals surface area contributed by atoms with Crippen LogP contribution in [0.1, 0.15) is 24.8 Å². The van der Waals surface area contributed by atoms with Crippen LogP contribution in [0.4, 0.5) is 0 Å². The van der Waals surface area contributed by atoms with Gasteiger partial charge >= 0.3 is 0 Å². The summed E-state index contributed by atoms with van der Waals surface area (Å²) in [6.07, 6.45) is 3.34. The minimum absolute atomic E-state index is 0.253. The zero-order valence-electron chi connectivity index (χ0n) is 14.6. The maximum Gasteiger partial charge on any atom is 0.119 e. The first-order chi connectivity index (χ1) is 12.1. The first-order valence-electron chi connectivity index (χ1n) is 9.03. The van der Waals surface area contributed by atoms with Gasteiger partial charge < -0.3 is 19.8 Å². The van der Waals surface area contributed by atoms with Crippen molar-refractivity contribution in [3.05, 3.63) is 60.2 Å². The van der Waals surface area contributed by atoms with Crippen molar-refractivity contribution in [2.75, 3.05) is 26.2 Å². The Hall–Kier alpha value is -2.04. The molecule has 3 rings (SSSR count). The van der Waals surface area contributed by atoms with E-state index in [1.807, 2.05) is 18.2 Å². The Bertz CT molecular complexity index is 634. The first-order valence-corrected chi connectivity index (χ1v) is 9.03. The monoisotopic (exact) mass is 341 g/mol. The predicted molar refractivity (Wildman–Crippen MR) is 99.0 cm³/mol. The fourth-order valence-electron chi connectivity index (χ4n) is 3.37. The molecule has 0 bridgehead atoms. The molecule has 0 aromatic heterocycles. The molecule has 0 unspecified atom stereocenters. The van der Waals surface area contributed by atoms with E-state index in [2.05, 4.69) is 17.0 Å². The molecule has 25 heavy (non-hydrogen) atoms. The van der Waals surface area contributed by atoms with Gasteiger partial charge in [0.25, 0.3) is 0 Å². The molecule has 0 saturated carbocycles. The van der Waals surface area contributed by atoms with Gasteiger partial charge in [-0.3, -0.25) is 0 Å². The molecule has 0 radical (unpaired) electrons. The summed E-state index contributed by atoms with van der Waals surface area (Å²) < 4.78 is 5.68. The highest BCUT2D eigenvalue weighted by atomic mass is 16.5. The van der Waals surface area contributed by atoms with Gasteiger partial charge in [-0.1, -0.05) is 30.3 Å². The van der Waals surface area contributed by atoms with E-state index in [-0.39, 0.29) is 5.75 Å². The molecular weight excluding hydrogens is 314 g/mol. The van der Waals surface area contributed by atoms with Crippen LogP contribution in [0, 0.1) is 0 Å². The molecule has 0 aliphatic carbocycles. The van der Waals surface area contributed by atoms with E-state index in [9.17, 15) is 10.2 Å². The average molecular weight is 341 g/mol. The Morgan fingerprint density at radius 1 is 0.960 bits per heavy atom. The van der Waals surface area contributed by atoms with E-state index < -0.39 is 5.60 Å². The maximum atomic E-state index is 10.8. The van der Waals surface area contributed by atoms with Crippen LogP contribution in [0.2, 0.25) is 0 Å². The number of phenolic OH excluding ortho intramolecular Hbond substituents is 1. The van der Waals surface area contributed by atoms with Crippen molar-refractivity contribution in [2.24, 2.45) is 0 Å². The zero-order valence-corrected chi connectivity index (χ0v) is 14.6. The fourth-order valence-corrected chi connectivity index (χ4v) is 3.37. The van der Waals surface area contributed by atoms with E-state index in [1.165, 1.54) is 5.56 Å². The highest BCUT2D eigenvalue weighted by Gasteiger charge is 2.32. The van der Waals surface area contributed by atoms with Gasteiger partial charge in [-0.2, -0.15) is 0 Å². The van der Waals surface area contributed by atoms with Crippen molar-refractivity contribution in [3.8, 4) is 11.5 Å². The standard InChI is InChI=1S/C21H27NO3/c23-19-7-9-20(10-8-19)25-16-4-13-22-14-11-21(24,12-15-22)17-18-5-2-1-3-6-18/h1-3,5-10,23-24H,4,11-17H2. The van der Waals surface area contributed by atoms with Gasteiger partial charge in [0.05, 0.1) is 12.2 Å². The van der Waals surface area contributed by atoms with Crippen molar-refractivity contribution in [1.29, 1.82) is 0 Å². The normalized spacial score (nSPS) is 17.3. The number of likely N-dealkylation sites (tertiary alicyclic amines) is 1. The van der Waals surface area contributed by atoms with E-state index >= 15 is 0 Å². The fraction of sp³-hybridized carbons (Fsp3) is 0.429. The Balaban J connectivity index is 1.35. The number of benzene rings is 2. The van der Waals surface area contributed by atoms with Gasteiger partial charge in [0.2, 0.25) is 0 Å². The third kappa shape index (κ3) is 5.48. The molecule has 2 aromatic carbocycles. The molecule has 2 aromatic rings. The van der Waals surface area contributed by atoms with E-state index in [1.54, 1.807) is 24.3 Å². The number of hydrogen-bond acceptors (Lipinski definition) is 4. The second-order valence-corrected chi connectivity index (χ2v) is 6.92. The largest absolute Gasteiger partial charge is 0.508 e. The van der Waals surface area contributed by atoms with E-state index in [0.29, 0.717) is 6.61 Å². The molecule has 2 N–H and O–H groups in total. The summed E-state index contributed by atoms with van der Waals surface area (Å²) in [6.45, 7) is 3.51. The maximum absolute atomic E-state index is 10.8. The van der Waals surface area contributed by atoms with Crippen LogP contribution in [0.15, 0.2) is 54.6 Å². The number of rotatable bonds is 7. The number of nitrogens with zero attached hydrogens (tertiary/aromatic N) is 1. The number of ether oxygens (including phenoxy) is 1. The van der Waals surface area contributed by atoms with Gasteiger partial charge in [0.15, 0.2) is 0 Å². The number of aliphatic hydroxyl groups is 1. The van der Waals surface area contributed by atoms with Crippen molar-refractivity contribution in [2.45, 2.75) is 31.3 Å². The van der Waals surface area contributed by atoms with Crippen LogP contribution >= 0.6 is 0 Å². The number of piperidine rings is 1. The van der Waals surface area contributed by atoms with E-state index in [4.69, 9.17) is 4.74 Å². The van der Waals surface area contributed by atoms with Crippen LogP contribution in [-0.2, 0) is 6.42 Å². The van der Waals surface area contributed by atoms with Gasteiger partial charge in [-0.25, -0.2) is 0 Å². The van der Waals surface area contributed by atoms with Crippen LogP contribution in [0.5, 0.6) is 11.5 Å². The third-order valence-electron chi connectivity index (χ3n) is 4.89. The SMILES string of the molecule is Oc1ccc(OCCCN2CCC(O)(Cc3ccccc3)CC2)cc1. The first kappa shape index (κ1) is 17.8. The Kier molecular flexibility index (Phi) is 5.95. The van der Waals surface area contributed by atoms with Gasteiger partial charge in [-0.15, -0.1) is 0 Å². The van der Waals surface area contributed by atoms with E-state index in [0.717, 1.165) is 51.1 Å². The quantitative estimate of drug-likeness (QED) is 0.759. The van der Waals surface area contributed by atoms with Crippen molar-refractivity contribution >= 4 is 0 Å². The molecule has 4 heteroatoms. The number of aromatic hydroxyl groups is 1. The average Bonchev–Trinajstić information content (AvgIpc) is 2.62. The lowest BCUT2D eigenvalue weighted by Crippen LogP contribution is -2.46. The summed E-state index contributed by atoms with van der Waals surface area (Å²) >= 11 is 0. The summed E-state index contributed by atoms with van der Waals surface area (Å²) in [5, 5.41) is 20.1. The second-order valence-electron chi connectivity index (χ2n) is 6.92. The van der Waals surface area contributed by atoms with Crippen LogP contribution < -0.4 is 4.74 Å². The number of hydrogen-bond donors (Lipinski definition) is 2. The molecule has 134 valence electrons. The highest BCUT2D eigenvalue weighted by molar-refractivity contribution is 5.30. The summed E-state index contributed by atoms with van der Waals surface area (Å²) in [4.78, 5) is 2.40.